The van der Waals surface area contributed by atoms with Gasteiger partial charge in [0.25, 0.3) is 0 Å². The Bertz CT molecular complexity index is 1020. The predicted molar refractivity (Wildman–Crippen MR) is 105 cm³/mol. The lowest BCUT2D eigenvalue weighted by molar-refractivity contribution is -0.192. The van der Waals surface area contributed by atoms with Gasteiger partial charge < -0.3 is 20.9 Å². The van der Waals surface area contributed by atoms with Crippen LogP contribution in [0.1, 0.15) is 6.42 Å². The molecule has 0 aromatic carbocycles. The summed E-state index contributed by atoms with van der Waals surface area (Å²) in [5.74, 6) is -2.64. The molecule has 2 atom stereocenters. The van der Waals surface area contributed by atoms with Crippen LogP contribution in [-0.4, -0.2) is 74.2 Å². The third-order valence-electron chi connectivity index (χ3n) is 5.21. The van der Waals surface area contributed by atoms with Crippen LogP contribution in [0.15, 0.2) is 35.1 Å². The number of sulfonamides is 1. The first-order chi connectivity index (χ1) is 15.3. The average Bonchev–Trinajstić information content (AvgIpc) is 3.34. The quantitative estimate of drug-likeness (QED) is 0.464. The first kappa shape index (κ1) is 26.5. The van der Waals surface area contributed by atoms with Gasteiger partial charge in [0.1, 0.15) is 11.5 Å². The third kappa shape index (κ3) is 5.97. The second kappa shape index (κ2) is 10.0. The fourth-order valence-corrected chi connectivity index (χ4v) is 4.78. The largest absolute Gasteiger partial charge is 0.490 e. The SMILES string of the molecule is CNC(=O)[C@@]12C[C@@H]1CN(S(=O)(=O)c1ccc(OC/C(=C/F)CN)nc1)C2.O=C(O)C(F)(F)F. The van der Waals surface area contributed by atoms with E-state index in [4.69, 9.17) is 20.4 Å². The summed E-state index contributed by atoms with van der Waals surface area (Å²) >= 11 is 0. The number of ether oxygens (including phenoxy) is 1. The molecular weight excluding hydrogens is 476 g/mol. The summed E-state index contributed by atoms with van der Waals surface area (Å²) in [5, 5.41) is 9.74. The molecule has 0 unspecified atom stereocenters. The van der Waals surface area contributed by atoms with Crippen molar-refractivity contribution in [3.63, 3.8) is 0 Å². The molecule has 33 heavy (non-hydrogen) atoms. The van der Waals surface area contributed by atoms with Crippen LogP contribution in [0.3, 0.4) is 0 Å². The Labute approximate surface area is 186 Å². The Morgan fingerprint density at radius 1 is 1.42 bits per heavy atom. The summed E-state index contributed by atoms with van der Waals surface area (Å²) in [7, 11) is -2.18. The van der Waals surface area contributed by atoms with E-state index in [0.717, 1.165) is 6.42 Å². The fourth-order valence-electron chi connectivity index (χ4n) is 3.28. The maximum absolute atomic E-state index is 12.8. The van der Waals surface area contributed by atoms with Crippen molar-refractivity contribution in [1.82, 2.24) is 14.6 Å². The van der Waals surface area contributed by atoms with Gasteiger partial charge in [0.15, 0.2) is 0 Å². The van der Waals surface area contributed by atoms with Crippen molar-refractivity contribution in [2.45, 2.75) is 17.5 Å². The Hall–Kier alpha value is -2.78. The molecule has 15 heteroatoms. The second-order valence-electron chi connectivity index (χ2n) is 7.33. The number of alkyl halides is 3. The van der Waals surface area contributed by atoms with Gasteiger partial charge in [-0.05, 0) is 18.4 Å². The van der Waals surface area contributed by atoms with Gasteiger partial charge in [-0.2, -0.15) is 17.5 Å². The minimum atomic E-state index is -5.08. The van der Waals surface area contributed by atoms with E-state index in [-0.39, 0.29) is 47.9 Å². The monoisotopic (exact) mass is 498 g/mol. The minimum absolute atomic E-state index is 0.0200. The molecule has 184 valence electrons. The Kier molecular flexibility index (Phi) is 8.03. The predicted octanol–water partition coefficient (Wildman–Crippen LogP) is 0.662. The maximum Gasteiger partial charge on any atom is 0.490 e. The van der Waals surface area contributed by atoms with Crippen molar-refractivity contribution < 1.29 is 45.4 Å². The van der Waals surface area contributed by atoms with Crippen molar-refractivity contribution in [3.05, 3.63) is 30.2 Å². The van der Waals surface area contributed by atoms with Crippen LogP contribution in [0.2, 0.25) is 0 Å². The Morgan fingerprint density at radius 3 is 2.52 bits per heavy atom. The molecule has 1 aromatic heterocycles. The van der Waals surface area contributed by atoms with Gasteiger partial charge in [-0.15, -0.1) is 0 Å². The highest BCUT2D eigenvalue weighted by Gasteiger charge is 2.66. The number of aromatic nitrogens is 1. The molecule has 1 aliphatic heterocycles. The highest BCUT2D eigenvalue weighted by Crippen LogP contribution is 2.58. The molecule has 2 fully saturated rings. The van der Waals surface area contributed by atoms with Crippen LogP contribution >= 0.6 is 0 Å². The highest BCUT2D eigenvalue weighted by atomic mass is 32.2. The van der Waals surface area contributed by atoms with Crippen molar-refractivity contribution >= 4 is 21.9 Å². The summed E-state index contributed by atoms with van der Waals surface area (Å²) in [5.41, 5.74) is 5.01. The number of fused-ring (bicyclic) bond motifs is 1. The van der Waals surface area contributed by atoms with Crippen LogP contribution in [0.4, 0.5) is 17.6 Å². The van der Waals surface area contributed by atoms with Crippen LogP contribution in [-0.2, 0) is 19.6 Å². The van der Waals surface area contributed by atoms with Crippen LogP contribution in [0, 0.1) is 11.3 Å². The van der Waals surface area contributed by atoms with Crippen LogP contribution in [0.25, 0.3) is 0 Å². The van der Waals surface area contributed by atoms with Gasteiger partial charge in [0, 0.05) is 38.3 Å². The van der Waals surface area contributed by atoms with Gasteiger partial charge >= 0.3 is 12.1 Å². The van der Waals surface area contributed by atoms with E-state index < -0.39 is 27.6 Å². The summed E-state index contributed by atoms with van der Waals surface area (Å²) in [6, 6.07) is 2.79. The molecule has 3 rings (SSSR count). The van der Waals surface area contributed by atoms with E-state index in [0.29, 0.717) is 12.9 Å². The van der Waals surface area contributed by atoms with Gasteiger partial charge in [-0.3, -0.25) is 4.79 Å². The average molecular weight is 498 g/mol. The number of nitrogens with one attached hydrogen (secondary N) is 1. The van der Waals surface area contributed by atoms with E-state index in [2.05, 4.69) is 10.3 Å². The molecule has 1 aliphatic carbocycles. The molecule has 0 spiro atoms. The topological polar surface area (TPSA) is 152 Å². The van der Waals surface area contributed by atoms with Gasteiger partial charge in [0.05, 0.1) is 17.9 Å². The number of carbonyl (C=O) groups is 2. The number of nitrogens with two attached hydrogens (primary N) is 1. The lowest BCUT2D eigenvalue weighted by atomic mass is 10.1. The van der Waals surface area contributed by atoms with Gasteiger partial charge in [-0.1, -0.05) is 0 Å². The molecule has 10 nitrogen and oxygen atoms in total. The molecule has 1 saturated heterocycles. The first-order valence-electron chi connectivity index (χ1n) is 9.41. The van der Waals surface area contributed by atoms with E-state index in [1.54, 1.807) is 7.05 Å². The lowest BCUT2D eigenvalue weighted by Gasteiger charge is -2.20. The first-order valence-corrected chi connectivity index (χ1v) is 10.8. The number of carboxylic acids is 1. The molecule has 1 aromatic rings. The summed E-state index contributed by atoms with van der Waals surface area (Å²) in [6.45, 7) is 0.467. The lowest BCUT2D eigenvalue weighted by Crippen LogP contribution is -2.37. The van der Waals surface area contributed by atoms with Crippen LogP contribution in [0.5, 0.6) is 5.88 Å². The van der Waals surface area contributed by atoms with Crippen molar-refractivity contribution in [2.24, 2.45) is 17.1 Å². The number of hydrogen-bond donors (Lipinski definition) is 3. The second-order valence-corrected chi connectivity index (χ2v) is 9.27. The maximum atomic E-state index is 12.8. The summed E-state index contributed by atoms with van der Waals surface area (Å²) in [4.78, 5) is 24.9. The zero-order chi connectivity index (χ0) is 25.0. The number of rotatable bonds is 7. The normalized spacial score (nSPS) is 22.6. The number of hydrogen-bond acceptors (Lipinski definition) is 7. The number of piperidine rings is 1. The zero-order valence-electron chi connectivity index (χ0n) is 17.3. The van der Waals surface area contributed by atoms with E-state index in [1.165, 1.54) is 22.6 Å². The van der Waals surface area contributed by atoms with Gasteiger partial charge in [0.2, 0.25) is 21.8 Å². The number of carbonyl (C=O) groups excluding carboxylic acids is 1. The fraction of sp³-hybridized carbons (Fsp3) is 0.500. The minimum Gasteiger partial charge on any atom is -0.475 e. The number of halogens is 4. The van der Waals surface area contributed by atoms with E-state index in [1.807, 2.05) is 0 Å². The number of pyridine rings is 1. The molecule has 2 heterocycles. The number of carboxylic acid groups (broad SMARTS) is 1. The van der Waals surface area contributed by atoms with Crippen LogP contribution < -0.4 is 15.8 Å². The molecule has 1 saturated carbocycles. The molecule has 0 radical (unpaired) electrons. The zero-order valence-corrected chi connectivity index (χ0v) is 18.1. The molecular formula is C18H22F4N4O6S. The van der Waals surface area contributed by atoms with Crippen molar-refractivity contribution in [3.8, 4) is 5.88 Å². The Morgan fingerprint density at radius 2 is 2.06 bits per heavy atom. The number of aliphatic carboxylic acids is 1. The molecule has 0 bridgehead atoms. The Balaban J connectivity index is 0.000000479. The molecule has 4 N–H and O–H groups in total. The van der Waals surface area contributed by atoms with Crippen molar-refractivity contribution in [2.75, 3.05) is 33.3 Å². The molecule has 2 aliphatic rings. The smallest absolute Gasteiger partial charge is 0.475 e. The standard InChI is InChI=1S/C16H21FN4O4S.C2HF3O2/c1-19-15(22)16-4-12(16)8-21(10-16)26(23,24)13-2-3-14(20-7-13)25-9-11(5-17)6-18;3-2(4,5)1(6)7/h2-3,5,7,12H,4,6,8-10,18H2,1H3,(H,19,22);(H,6,7)/b11-5+;/t12-,16-;/m1./s1. The van der Waals surface area contributed by atoms with E-state index in [9.17, 15) is 30.8 Å². The number of amides is 1. The summed E-state index contributed by atoms with van der Waals surface area (Å²) < 4.78 is 76.3. The van der Waals surface area contributed by atoms with E-state index >= 15 is 0 Å². The summed E-state index contributed by atoms with van der Waals surface area (Å²) in [6.07, 6.45) is -2.79. The molecule has 1 amide bonds. The number of nitrogens with zero attached hydrogens (tertiary/aromatic N) is 2. The highest BCUT2D eigenvalue weighted by molar-refractivity contribution is 7.89. The van der Waals surface area contributed by atoms with Crippen molar-refractivity contribution in [1.29, 1.82) is 0 Å². The third-order valence-corrected chi connectivity index (χ3v) is 7.00. The van der Waals surface area contributed by atoms with Gasteiger partial charge in [-0.25, -0.2) is 22.6 Å².